The van der Waals surface area contributed by atoms with Crippen molar-refractivity contribution in [1.82, 2.24) is 0 Å². The van der Waals surface area contributed by atoms with Gasteiger partial charge in [0.15, 0.2) is 5.75 Å². The fraction of sp³-hybridized carbons (Fsp3) is 0.222. The topological polar surface area (TPSA) is 89.9 Å². The normalized spacial score (nSPS) is 12.1. The molecule has 0 fully saturated rings. The SMILES string of the molecule is COC(=O)c1cc(O)c(Br)c(OS(=O)(=O)C(F)(F)F)c1. The summed E-state index contributed by atoms with van der Waals surface area (Å²) < 4.78 is 66.0. The molecule has 0 atom stereocenters. The van der Waals surface area contributed by atoms with Gasteiger partial charge in [0, 0.05) is 0 Å². The number of esters is 1. The van der Waals surface area contributed by atoms with Gasteiger partial charge in [-0.3, -0.25) is 0 Å². The zero-order chi connectivity index (χ0) is 15.7. The number of alkyl halides is 3. The summed E-state index contributed by atoms with van der Waals surface area (Å²) in [7, 11) is -4.94. The van der Waals surface area contributed by atoms with Crippen LogP contribution in [0.4, 0.5) is 13.2 Å². The Balaban J connectivity index is 3.33. The Hall–Kier alpha value is -1.49. The van der Waals surface area contributed by atoms with Crippen molar-refractivity contribution in [3.63, 3.8) is 0 Å². The summed E-state index contributed by atoms with van der Waals surface area (Å²) in [5, 5.41) is 9.41. The van der Waals surface area contributed by atoms with Crippen molar-refractivity contribution in [1.29, 1.82) is 0 Å². The third-order valence-electron chi connectivity index (χ3n) is 1.92. The van der Waals surface area contributed by atoms with Crippen molar-refractivity contribution >= 4 is 32.0 Å². The maximum Gasteiger partial charge on any atom is 0.534 e. The lowest BCUT2D eigenvalue weighted by molar-refractivity contribution is -0.0500. The third-order valence-corrected chi connectivity index (χ3v) is 3.69. The quantitative estimate of drug-likeness (QED) is 0.492. The Morgan fingerprint density at radius 1 is 1.35 bits per heavy atom. The summed E-state index contributed by atoms with van der Waals surface area (Å²) in [5.41, 5.74) is -6.04. The van der Waals surface area contributed by atoms with Gasteiger partial charge >= 0.3 is 21.6 Å². The summed E-state index contributed by atoms with van der Waals surface area (Å²) in [6, 6.07) is 1.54. The minimum absolute atomic E-state index is 0.388. The Labute approximate surface area is 119 Å². The van der Waals surface area contributed by atoms with E-state index in [1.807, 2.05) is 0 Å². The van der Waals surface area contributed by atoms with Crippen LogP contribution in [-0.4, -0.2) is 32.1 Å². The highest BCUT2D eigenvalue weighted by Crippen LogP contribution is 2.38. The molecule has 6 nitrogen and oxygen atoms in total. The van der Waals surface area contributed by atoms with E-state index in [1.165, 1.54) is 0 Å². The van der Waals surface area contributed by atoms with Crippen molar-refractivity contribution in [2.24, 2.45) is 0 Å². The Bertz CT molecular complexity index is 640. The van der Waals surface area contributed by atoms with E-state index in [1.54, 1.807) is 0 Å². The molecule has 112 valence electrons. The number of benzene rings is 1. The molecule has 0 heterocycles. The fourth-order valence-electron chi connectivity index (χ4n) is 1.04. The van der Waals surface area contributed by atoms with Gasteiger partial charge in [-0.05, 0) is 28.1 Å². The number of halogens is 4. The van der Waals surface area contributed by atoms with E-state index in [4.69, 9.17) is 0 Å². The molecule has 0 radical (unpaired) electrons. The largest absolute Gasteiger partial charge is 0.534 e. The van der Waals surface area contributed by atoms with E-state index < -0.39 is 37.6 Å². The molecule has 1 rings (SSSR count). The molecule has 1 N–H and O–H groups in total. The second-order valence-electron chi connectivity index (χ2n) is 3.28. The van der Waals surface area contributed by atoms with E-state index in [9.17, 15) is 31.5 Å². The smallest absolute Gasteiger partial charge is 0.507 e. The van der Waals surface area contributed by atoms with Gasteiger partial charge in [0.25, 0.3) is 0 Å². The van der Waals surface area contributed by atoms with Crippen LogP contribution in [-0.2, 0) is 14.9 Å². The van der Waals surface area contributed by atoms with Crippen LogP contribution in [0, 0.1) is 0 Å². The highest BCUT2D eigenvalue weighted by Gasteiger charge is 2.49. The third kappa shape index (κ3) is 3.33. The fourth-order valence-corrected chi connectivity index (χ4v) is 1.92. The number of hydrogen-bond acceptors (Lipinski definition) is 6. The summed E-state index contributed by atoms with van der Waals surface area (Å²) in [6.45, 7) is 0. The van der Waals surface area contributed by atoms with Crippen molar-refractivity contribution < 1.29 is 40.4 Å². The minimum Gasteiger partial charge on any atom is -0.507 e. The average Bonchev–Trinajstić information content (AvgIpc) is 2.31. The molecule has 1 aromatic rings. The van der Waals surface area contributed by atoms with Crippen LogP contribution in [0.5, 0.6) is 11.5 Å². The van der Waals surface area contributed by atoms with E-state index in [0.29, 0.717) is 6.07 Å². The van der Waals surface area contributed by atoms with Gasteiger partial charge in [0.2, 0.25) is 0 Å². The molecule has 0 amide bonds. The van der Waals surface area contributed by atoms with Gasteiger partial charge in [0.05, 0.1) is 12.7 Å². The first-order valence-electron chi connectivity index (χ1n) is 4.61. The van der Waals surface area contributed by atoms with E-state index in [0.717, 1.165) is 13.2 Å². The number of carbonyl (C=O) groups excluding carboxylic acids is 1. The van der Waals surface area contributed by atoms with E-state index in [2.05, 4.69) is 24.8 Å². The van der Waals surface area contributed by atoms with Crippen LogP contribution in [0.2, 0.25) is 0 Å². The molecule has 0 aromatic heterocycles. The molecule has 0 aliphatic carbocycles. The van der Waals surface area contributed by atoms with Crippen LogP contribution in [0.15, 0.2) is 16.6 Å². The Morgan fingerprint density at radius 2 is 1.90 bits per heavy atom. The van der Waals surface area contributed by atoms with E-state index >= 15 is 0 Å². The van der Waals surface area contributed by atoms with Crippen molar-refractivity contribution in [2.75, 3.05) is 7.11 Å². The molecular weight excluding hydrogens is 373 g/mol. The van der Waals surface area contributed by atoms with Gasteiger partial charge in [-0.2, -0.15) is 21.6 Å². The number of ether oxygens (including phenoxy) is 1. The molecule has 0 unspecified atom stereocenters. The first-order chi connectivity index (χ1) is 8.99. The molecule has 11 heteroatoms. The predicted octanol–water partition coefficient (Wildman–Crippen LogP) is 2.17. The van der Waals surface area contributed by atoms with Crippen LogP contribution < -0.4 is 4.18 Å². The highest BCUT2D eigenvalue weighted by molar-refractivity contribution is 9.10. The molecule has 0 saturated carbocycles. The predicted molar refractivity (Wildman–Crippen MR) is 62.7 cm³/mol. The standard InChI is InChI=1S/C9H6BrF3O6S/c1-18-8(15)4-2-5(14)7(10)6(3-4)19-20(16,17)9(11,12)13/h2-3,14H,1H3. The lowest BCUT2D eigenvalue weighted by atomic mass is 10.2. The second-order valence-corrected chi connectivity index (χ2v) is 5.61. The maximum atomic E-state index is 12.2. The summed E-state index contributed by atoms with van der Waals surface area (Å²) in [5.74, 6) is -2.59. The molecule has 0 bridgehead atoms. The summed E-state index contributed by atoms with van der Waals surface area (Å²) in [6.07, 6.45) is 0. The van der Waals surface area contributed by atoms with Crippen LogP contribution in [0.3, 0.4) is 0 Å². The average molecular weight is 379 g/mol. The van der Waals surface area contributed by atoms with Crippen LogP contribution in [0.25, 0.3) is 0 Å². The first-order valence-corrected chi connectivity index (χ1v) is 6.81. The number of methoxy groups -OCH3 is 1. The van der Waals surface area contributed by atoms with Crippen LogP contribution >= 0.6 is 15.9 Å². The number of carbonyl (C=O) groups is 1. The highest BCUT2D eigenvalue weighted by atomic mass is 79.9. The summed E-state index contributed by atoms with van der Waals surface area (Å²) in [4.78, 5) is 11.2. The zero-order valence-electron chi connectivity index (χ0n) is 9.56. The van der Waals surface area contributed by atoms with Crippen molar-refractivity contribution in [2.45, 2.75) is 5.51 Å². The Morgan fingerprint density at radius 3 is 2.35 bits per heavy atom. The lowest BCUT2D eigenvalue weighted by Crippen LogP contribution is -2.28. The molecule has 0 spiro atoms. The van der Waals surface area contributed by atoms with Crippen LogP contribution in [0.1, 0.15) is 10.4 Å². The molecule has 0 aliphatic heterocycles. The number of hydrogen-bond donors (Lipinski definition) is 1. The van der Waals surface area contributed by atoms with Crippen molar-refractivity contribution in [3.05, 3.63) is 22.2 Å². The minimum atomic E-state index is -5.93. The Kier molecular flexibility index (Phi) is 4.54. The number of phenols is 1. The monoisotopic (exact) mass is 378 g/mol. The van der Waals surface area contributed by atoms with Gasteiger partial charge in [-0.15, -0.1) is 0 Å². The van der Waals surface area contributed by atoms with E-state index in [-0.39, 0.29) is 5.56 Å². The van der Waals surface area contributed by atoms with Crippen molar-refractivity contribution in [3.8, 4) is 11.5 Å². The van der Waals surface area contributed by atoms with Gasteiger partial charge in [0.1, 0.15) is 10.2 Å². The summed E-state index contributed by atoms with van der Waals surface area (Å²) >= 11 is 2.65. The van der Waals surface area contributed by atoms with Gasteiger partial charge in [-0.25, -0.2) is 4.79 Å². The zero-order valence-corrected chi connectivity index (χ0v) is 12.0. The maximum absolute atomic E-state index is 12.2. The number of rotatable bonds is 3. The molecule has 0 aliphatic rings. The molecule has 1 aromatic carbocycles. The van der Waals surface area contributed by atoms with Gasteiger partial charge < -0.3 is 14.0 Å². The lowest BCUT2D eigenvalue weighted by Gasteiger charge is -2.12. The first kappa shape index (κ1) is 16.6. The number of aromatic hydroxyl groups is 1. The molecular formula is C9H6BrF3O6S. The number of phenolic OH excluding ortho intramolecular Hbond substituents is 1. The molecule has 0 saturated heterocycles. The van der Waals surface area contributed by atoms with Gasteiger partial charge in [-0.1, -0.05) is 0 Å². The second kappa shape index (κ2) is 5.48. The molecule has 20 heavy (non-hydrogen) atoms.